The first-order chi connectivity index (χ1) is 18.2. The summed E-state index contributed by atoms with van der Waals surface area (Å²) in [6.07, 6.45) is 3.34. The molecular weight excluding hydrogens is 499 g/mol. The van der Waals surface area contributed by atoms with Crippen LogP contribution in [0.25, 0.3) is 16.9 Å². The molecular formula is C26H32F3N7O2. The molecule has 3 heterocycles. The Balaban J connectivity index is 1.82. The molecule has 0 unspecified atom stereocenters. The van der Waals surface area contributed by atoms with Gasteiger partial charge in [-0.25, -0.2) is 19.3 Å². The van der Waals surface area contributed by atoms with E-state index in [1.807, 2.05) is 13.0 Å². The molecule has 0 bridgehead atoms. The van der Waals surface area contributed by atoms with E-state index in [4.69, 9.17) is 4.74 Å². The number of alkyl halides is 3. The number of aromatic nitrogens is 5. The Kier molecular flexibility index (Phi) is 9.80. The number of carbonyl (C=O) groups excluding carboxylic acids is 1. The van der Waals surface area contributed by atoms with Gasteiger partial charge in [-0.1, -0.05) is 12.2 Å². The maximum Gasteiger partial charge on any atom is 0.389 e. The molecule has 0 radical (unpaired) electrons. The normalized spacial score (nSPS) is 13.1. The van der Waals surface area contributed by atoms with Gasteiger partial charge in [0.25, 0.3) is 5.88 Å². The van der Waals surface area contributed by atoms with Crippen molar-refractivity contribution in [2.75, 3.05) is 13.2 Å². The molecule has 1 N–H and O–H groups in total. The Morgan fingerprint density at radius 1 is 1.29 bits per heavy atom. The molecule has 0 saturated heterocycles. The minimum atomic E-state index is -4.30. The molecule has 0 aliphatic heterocycles. The van der Waals surface area contributed by atoms with Gasteiger partial charge in [0.2, 0.25) is 5.65 Å². The smallest absolute Gasteiger partial charge is 0.389 e. The van der Waals surface area contributed by atoms with Gasteiger partial charge < -0.3 is 15.0 Å². The van der Waals surface area contributed by atoms with Crippen LogP contribution in [0.2, 0.25) is 0 Å². The molecule has 0 aromatic carbocycles. The largest absolute Gasteiger partial charge is 0.475 e. The number of nitrogens with one attached hydrogen (secondary N) is 1. The molecule has 2 amide bonds. The van der Waals surface area contributed by atoms with Crippen LogP contribution in [0.4, 0.5) is 18.0 Å². The topological polar surface area (TPSA) is 97.5 Å². The molecule has 2 atom stereocenters. The number of pyridine rings is 1. The van der Waals surface area contributed by atoms with E-state index in [0.717, 1.165) is 5.56 Å². The van der Waals surface area contributed by atoms with Gasteiger partial charge in [-0.2, -0.15) is 18.3 Å². The van der Waals surface area contributed by atoms with Crippen LogP contribution >= 0.6 is 0 Å². The first-order valence-corrected chi connectivity index (χ1v) is 12.3. The number of hydrogen-bond acceptors (Lipinski definition) is 6. The van der Waals surface area contributed by atoms with Crippen LogP contribution in [0.5, 0.6) is 5.88 Å². The maximum absolute atomic E-state index is 13.1. The molecule has 9 nitrogen and oxygen atoms in total. The third-order valence-corrected chi connectivity index (χ3v) is 5.92. The van der Waals surface area contributed by atoms with Crippen LogP contribution in [0.1, 0.15) is 51.3 Å². The quantitative estimate of drug-likeness (QED) is 0.230. The van der Waals surface area contributed by atoms with E-state index >= 15 is 0 Å². The van der Waals surface area contributed by atoms with Crippen molar-refractivity contribution in [3.05, 3.63) is 61.9 Å². The Bertz CT molecular complexity index is 1250. The Labute approximate surface area is 219 Å². The zero-order valence-corrected chi connectivity index (χ0v) is 21.5. The molecule has 0 fully saturated rings. The van der Waals surface area contributed by atoms with Gasteiger partial charge in [0.15, 0.2) is 0 Å². The average molecular weight is 532 g/mol. The Morgan fingerprint density at radius 3 is 2.76 bits per heavy atom. The standard InChI is InChI=1S/C26H32F3N7O2/c1-5-8-14-38-24-23-31-17-32-36(23)16-22(34-24)19-11-13-30-21(15-19)18(4)35(7-3)25(37)33-20(9-6-2)10-12-26(27,28)29/h5-6,11,13,15-18,20H,1-2,7-10,12,14H2,3-4H3,(H,33,37)/t18-,20-/m1/s1. The second-order valence-electron chi connectivity index (χ2n) is 8.64. The number of carbonyl (C=O) groups is 1. The zero-order valence-electron chi connectivity index (χ0n) is 21.5. The van der Waals surface area contributed by atoms with Gasteiger partial charge in [-0.15, -0.1) is 13.2 Å². The number of rotatable bonds is 13. The molecule has 3 rings (SSSR count). The SMILES string of the molecule is C=CCCOc1nc(-c2ccnc([C@@H](C)N(CC)C(=O)N[C@H](CC=C)CCC(F)(F)F)c2)cn2ncnc12. The Hall–Kier alpha value is -3.96. The van der Waals surface area contributed by atoms with E-state index < -0.39 is 30.7 Å². The van der Waals surface area contributed by atoms with Crippen molar-refractivity contribution in [3.63, 3.8) is 0 Å². The van der Waals surface area contributed by atoms with Crippen molar-refractivity contribution in [2.45, 2.75) is 57.8 Å². The molecule has 0 saturated carbocycles. The minimum absolute atomic E-state index is 0.228. The third-order valence-electron chi connectivity index (χ3n) is 5.92. The van der Waals surface area contributed by atoms with Gasteiger partial charge in [-0.05, 0) is 45.2 Å². The van der Waals surface area contributed by atoms with Gasteiger partial charge in [0.05, 0.1) is 30.2 Å². The van der Waals surface area contributed by atoms with Crippen molar-refractivity contribution < 1.29 is 22.7 Å². The number of halogens is 3. The number of hydrogen-bond donors (Lipinski definition) is 1. The van der Waals surface area contributed by atoms with Crippen LogP contribution in [0.3, 0.4) is 0 Å². The summed E-state index contributed by atoms with van der Waals surface area (Å²) in [5.74, 6) is 0.329. The lowest BCUT2D eigenvalue weighted by Gasteiger charge is -2.30. The predicted octanol–water partition coefficient (Wildman–Crippen LogP) is 5.52. The van der Waals surface area contributed by atoms with E-state index in [0.29, 0.717) is 42.5 Å². The number of urea groups is 1. The average Bonchev–Trinajstić information content (AvgIpc) is 3.36. The summed E-state index contributed by atoms with van der Waals surface area (Å²) >= 11 is 0. The van der Waals surface area contributed by atoms with E-state index in [-0.39, 0.29) is 12.8 Å². The highest BCUT2D eigenvalue weighted by Crippen LogP contribution is 2.27. The summed E-state index contributed by atoms with van der Waals surface area (Å²) in [6, 6.07) is 1.97. The molecule has 0 spiro atoms. The minimum Gasteiger partial charge on any atom is -0.475 e. The second kappa shape index (κ2) is 13.0. The molecule has 3 aromatic rings. The molecule has 3 aromatic heterocycles. The Morgan fingerprint density at radius 2 is 2.08 bits per heavy atom. The van der Waals surface area contributed by atoms with Crippen LogP contribution in [-0.2, 0) is 0 Å². The summed E-state index contributed by atoms with van der Waals surface area (Å²) in [6.45, 7) is 11.6. The fourth-order valence-electron chi connectivity index (χ4n) is 3.91. The van der Waals surface area contributed by atoms with E-state index in [2.05, 4.69) is 38.5 Å². The highest BCUT2D eigenvalue weighted by molar-refractivity contribution is 5.75. The van der Waals surface area contributed by atoms with Crippen LogP contribution in [0.15, 0.2) is 56.2 Å². The fraction of sp³-hybridized carbons (Fsp3) is 0.423. The summed E-state index contributed by atoms with van der Waals surface area (Å²) < 4.78 is 45.6. The predicted molar refractivity (Wildman–Crippen MR) is 138 cm³/mol. The molecule has 0 aliphatic rings. The summed E-state index contributed by atoms with van der Waals surface area (Å²) in [5.41, 5.74) is 2.36. The van der Waals surface area contributed by atoms with Crippen molar-refractivity contribution in [1.29, 1.82) is 0 Å². The third kappa shape index (κ3) is 7.53. The summed E-state index contributed by atoms with van der Waals surface area (Å²) in [7, 11) is 0. The van der Waals surface area contributed by atoms with Crippen molar-refractivity contribution in [1.82, 2.24) is 34.8 Å². The fourth-order valence-corrected chi connectivity index (χ4v) is 3.91. The summed E-state index contributed by atoms with van der Waals surface area (Å²) in [5, 5.41) is 6.92. The lowest BCUT2D eigenvalue weighted by Crippen LogP contribution is -2.46. The van der Waals surface area contributed by atoms with Crippen LogP contribution in [-0.4, -0.2) is 60.9 Å². The highest BCUT2D eigenvalue weighted by Gasteiger charge is 2.30. The molecule has 38 heavy (non-hydrogen) atoms. The van der Waals surface area contributed by atoms with E-state index in [1.54, 1.807) is 36.0 Å². The maximum atomic E-state index is 13.1. The molecule has 204 valence electrons. The van der Waals surface area contributed by atoms with Crippen molar-refractivity contribution in [3.8, 4) is 17.1 Å². The number of nitrogens with zero attached hydrogens (tertiary/aromatic N) is 6. The number of fused-ring (bicyclic) bond motifs is 1. The number of amides is 2. The lowest BCUT2D eigenvalue weighted by molar-refractivity contribution is -0.136. The monoisotopic (exact) mass is 531 g/mol. The van der Waals surface area contributed by atoms with Gasteiger partial charge in [0.1, 0.15) is 6.33 Å². The van der Waals surface area contributed by atoms with Gasteiger partial charge in [-0.3, -0.25) is 4.98 Å². The first kappa shape index (κ1) is 28.6. The van der Waals surface area contributed by atoms with Gasteiger partial charge in [0, 0.05) is 30.8 Å². The molecule has 12 heteroatoms. The van der Waals surface area contributed by atoms with E-state index in [1.165, 1.54) is 17.3 Å². The van der Waals surface area contributed by atoms with Crippen molar-refractivity contribution >= 4 is 11.7 Å². The second-order valence-corrected chi connectivity index (χ2v) is 8.64. The zero-order chi connectivity index (χ0) is 27.7. The summed E-state index contributed by atoms with van der Waals surface area (Å²) in [4.78, 5) is 27.8. The van der Waals surface area contributed by atoms with E-state index in [9.17, 15) is 18.0 Å². The van der Waals surface area contributed by atoms with Crippen LogP contribution in [0, 0.1) is 0 Å². The van der Waals surface area contributed by atoms with Crippen LogP contribution < -0.4 is 10.1 Å². The first-order valence-electron chi connectivity index (χ1n) is 12.3. The molecule has 0 aliphatic carbocycles. The van der Waals surface area contributed by atoms with Crippen molar-refractivity contribution in [2.24, 2.45) is 0 Å². The van der Waals surface area contributed by atoms with Gasteiger partial charge >= 0.3 is 12.2 Å². The highest BCUT2D eigenvalue weighted by atomic mass is 19.4. The lowest BCUT2D eigenvalue weighted by atomic mass is 10.1. The number of ether oxygens (including phenoxy) is 1.